The maximum atomic E-state index is 11.9. The topological polar surface area (TPSA) is 46.9 Å². The van der Waals surface area contributed by atoms with Crippen molar-refractivity contribution < 1.29 is 4.79 Å². The van der Waals surface area contributed by atoms with Crippen molar-refractivity contribution >= 4 is 6.03 Å². The highest BCUT2D eigenvalue weighted by atomic mass is 16.2. The molecule has 0 spiro atoms. The molecule has 88 valence electrons. The second-order valence-electron chi connectivity index (χ2n) is 5.21. The van der Waals surface area contributed by atoms with Gasteiger partial charge in [-0.25, -0.2) is 9.78 Å². The SMILES string of the molecule is CC1(C)CCCCC1NC(=O)n1ccnc1. The number of nitrogens with zero attached hydrogens (tertiary/aromatic N) is 2. The molecule has 1 fully saturated rings. The van der Waals surface area contributed by atoms with Gasteiger partial charge in [0.05, 0.1) is 0 Å². The number of hydrogen-bond donors (Lipinski definition) is 1. The smallest absolute Gasteiger partial charge is 0.327 e. The fourth-order valence-electron chi connectivity index (χ4n) is 2.36. The summed E-state index contributed by atoms with van der Waals surface area (Å²) in [4.78, 5) is 15.7. The first-order valence-corrected chi connectivity index (χ1v) is 5.88. The molecule has 0 bridgehead atoms. The summed E-state index contributed by atoms with van der Waals surface area (Å²) in [5.74, 6) is 0. The van der Waals surface area contributed by atoms with Gasteiger partial charge >= 0.3 is 6.03 Å². The van der Waals surface area contributed by atoms with Crippen molar-refractivity contribution in [2.24, 2.45) is 5.41 Å². The molecule has 2 rings (SSSR count). The minimum atomic E-state index is -0.0718. The highest BCUT2D eigenvalue weighted by Gasteiger charge is 2.33. The summed E-state index contributed by atoms with van der Waals surface area (Å²) in [6, 6.07) is 0.202. The second kappa shape index (κ2) is 4.28. The summed E-state index contributed by atoms with van der Waals surface area (Å²) in [5, 5.41) is 3.10. The van der Waals surface area contributed by atoms with E-state index in [2.05, 4.69) is 24.1 Å². The lowest BCUT2D eigenvalue weighted by molar-refractivity contribution is 0.166. The standard InChI is InChI=1S/C12H19N3O/c1-12(2)6-4-3-5-10(12)14-11(16)15-8-7-13-9-15/h7-10H,3-6H2,1-2H3,(H,14,16). The van der Waals surface area contributed by atoms with Gasteiger partial charge in [0.25, 0.3) is 0 Å². The number of rotatable bonds is 1. The first kappa shape index (κ1) is 11.2. The van der Waals surface area contributed by atoms with E-state index in [9.17, 15) is 4.79 Å². The van der Waals surface area contributed by atoms with E-state index in [-0.39, 0.29) is 17.5 Å². The molecule has 1 atom stereocenters. The van der Waals surface area contributed by atoms with Crippen LogP contribution in [-0.4, -0.2) is 21.6 Å². The third kappa shape index (κ3) is 2.26. The van der Waals surface area contributed by atoms with Crippen molar-refractivity contribution in [3.05, 3.63) is 18.7 Å². The molecular weight excluding hydrogens is 202 g/mol. The monoisotopic (exact) mass is 221 g/mol. The molecule has 16 heavy (non-hydrogen) atoms. The van der Waals surface area contributed by atoms with Crippen LogP contribution in [0.3, 0.4) is 0 Å². The van der Waals surface area contributed by atoms with Gasteiger partial charge in [-0.3, -0.25) is 4.57 Å². The van der Waals surface area contributed by atoms with Gasteiger partial charge in [-0.2, -0.15) is 0 Å². The molecule has 4 nitrogen and oxygen atoms in total. The van der Waals surface area contributed by atoms with Gasteiger partial charge in [0.1, 0.15) is 6.33 Å². The van der Waals surface area contributed by atoms with Crippen molar-refractivity contribution in [3.8, 4) is 0 Å². The lowest BCUT2D eigenvalue weighted by Gasteiger charge is -2.38. The lowest BCUT2D eigenvalue weighted by atomic mass is 9.73. The molecule has 1 heterocycles. The molecule has 1 aromatic rings. The number of hydrogen-bond acceptors (Lipinski definition) is 2. The first-order chi connectivity index (χ1) is 7.59. The van der Waals surface area contributed by atoms with Crippen LogP contribution in [0.15, 0.2) is 18.7 Å². The Labute approximate surface area is 96.1 Å². The van der Waals surface area contributed by atoms with E-state index in [0.717, 1.165) is 6.42 Å². The molecule has 1 aromatic heterocycles. The van der Waals surface area contributed by atoms with Gasteiger partial charge in [0.15, 0.2) is 0 Å². The lowest BCUT2D eigenvalue weighted by Crippen LogP contribution is -2.47. The fraction of sp³-hybridized carbons (Fsp3) is 0.667. The molecule has 0 radical (unpaired) electrons. The van der Waals surface area contributed by atoms with Crippen LogP contribution < -0.4 is 5.32 Å². The van der Waals surface area contributed by atoms with Gasteiger partial charge in [-0.1, -0.05) is 26.7 Å². The van der Waals surface area contributed by atoms with Crippen molar-refractivity contribution in [2.75, 3.05) is 0 Å². The van der Waals surface area contributed by atoms with E-state index < -0.39 is 0 Å². The number of imidazole rings is 1. The largest absolute Gasteiger partial charge is 0.334 e. The molecule has 4 heteroatoms. The highest BCUT2D eigenvalue weighted by molar-refractivity contribution is 5.76. The Bertz CT molecular complexity index is 356. The Morgan fingerprint density at radius 3 is 2.94 bits per heavy atom. The van der Waals surface area contributed by atoms with Crippen LogP contribution in [0.4, 0.5) is 4.79 Å². The van der Waals surface area contributed by atoms with Crippen LogP contribution in [-0.2, 0) is 0 Å². The molecule has 0 saturated heterocycles. The quantitative estimate of drug-likeness (QED) is 0.791. The number of aromatic nitrogens is 2. The number of carbonyl (C=O) groups is 1. The second-order valence-corrected chi connectivity index (χ2v) is 5.21. The molecule has 1 amide bonds. The minimum Gasteiger partial charge on any atom is -0.334 e. The van der Waals surface area contributed by atoms with E-state index in [1.807, 2.05) is 0 Å². The molecule has 0 aliphatic heterocycles. The third-order valence-electron chi connectivity index (χ3n) is 3.54. The van der Waals surface area contributed by atoms with Crippen molar-refractivity contribution in [3.63, 3.8) is 0 Å². The Kier molecular flexibility index (Phi) is 2.99. The van der Waals surface area contributed by atoms with Gasteiger partial charge in [-0.05, 0) is 18.3 Å². The molecule has 1 aliphatic rings. The van der Waals surface area contributed by atoms with Crippen LogP contribution in [0, 0.1) is 5.41 Å². The number of nitrogens with one attached hydrogen (secondary N) is 1. The van der Waals surface area contributed by atoms with Crippen molar-refractivity contribution in [1.82, 2.24) is 14.9 Å². The zero-order chi connectivity index (χ0) is 11.6. The summed E-state index contributed by atoms with van der Waals surface area (Å²) in [6.45, 7) is 4.45. The Morgan fingerprint density at radius 2 is 2.31 bits per heavy atom. The summed E-state index contributed by atoms with van der Waals surface area (Å²) in [5.41, 5.74) is 0.203. The Balaban J connectivity index is 2.01. The zero-order valence-corrected chi connectivity index (χ0v) is 9.94. The van der Waals surface area contributed by atoms with Crippen LogP contribution in [0.5, 0.6) is 0 Å². The molecule has 1 aliphatic carbocycles. The number of carbonyl (C=O) groups excluding carboxylic acids is 1. The summed E-state index contributed by atoms with van der Waals surface area (Å²) < 4.78 is 1.49. The Hall–Kier alpha value is -1.32. The maximum Gasteiger partial charge on any atom is 0.327 e. The summed E-state index contributed by atoms with van der Waals surface area (Å²) >= 11 is 0. The molecule has 1 unspecified atom stereocenters. The average molecular weight is 221 g/mol. The van der Waals surface area contributed by atoms with Crippen LogP contribution in [0.25, 0.3) is 0 Å². The van der Waals surface area contributed by atoms with E-state index in [0.29, 0.717) is 0 Å². The first-order valence-electron chi connectivity index (χ1n) is 5.88. The zero-order valence-electron chi connectivity index (χ0n) is 9.94. The van der Waals surface area contributed by atoms with Gasteiger partial charge in [0.2, 0.25) is 0 Å². The van der Waals surface area contributed by atoms with Gasteiger partial charge in [0, 0.05) is 18.4 Å². The summed E-state index contributed by atoms with van der Waals surface area (Å²) in [7, 11) is 0. The van der Waals surface area contributed by atoms with E-state index >= 15 is 0 Å². The highest BCUT2D eigenvalue weighted by Crippen LogP contribution is 2.35. The maximum absolute atomic E-state index is 11.9. The van der Waals surface area contributed by atoms with Gasteiger partial charge < -0.3 is 5.32 Å². The normalized spacial score (nSPS) is 24.0. The predicted molar refractivity (Wildman–Crippen MR) is 62.2 cm³/mol. The van der Waals surface area contributed by atoms with Crippen LogP contribution >= 0.6 is 0 Å². The van der Waals surface area contributed by atoms with Gasteiger partial charge in [-0.15, -0.1) is 0 Å². The van der Waals surface area contributed by atoms with E-state index in [1.165, 1.54) is 30.2 Å². The van der Waals surface area contributed by atoms with Crippen LogP contribution in [0.1, 0.15) is 39.5 Å². The van der Waals surface area contributed by atoms with E-state index in [1.54, 1.807) is 12.4 Å². The van der Waals surface area contributed by atoms with E-state index in [4.69, 9.17) is 0 Å². The fourth-order valence-corrected chi connectivity index (χ4v) is 2.36. The third-order valence-corrected chi connectivity index (χ3v) is 3.54. The van der Waals surface area contributed by atoms with Crippen molar-refractivity contribution in [2.45, 2.75) is 45.6 Å². The van der Waals surface area contributed by atoms with Crippen LogP contribution in [0.2, 0.25) is 0 Å². The number of amides is 1. The summed E-state index contributed by atoms with van der Waals surface area (Å²) in [6.07, 6.45) is 9.56. The molecule has 0 aromatic carbocycles. The van der Waals surface area contributed by atoms with Crippen molar-refractivity contribution in [1.29, 1.82) is 0 Å². The molecule has 1 N–H and O–H groups in total. The molecular formula is C12H19N3O. The average Bonchev–Trinajstić information content (AvgIpc) is 2.74. The minimum absolute atomic E-state index is 0.0718. The predicted octanol–water partition coefficient (Wildman–Crippen LogP) is 2.41. The Morgan fingerprint density at radius 1 is 1.50 bits per heavy atom. The molecule has 1 saturated carbocycles.